The minimum Gasteiger partial charge on any atom is -0.469 e. The van der Waals surface area contributed by atoms with E-state index in [0.29, 0.717) is 24.0 Å². The molecule has 0 spiro atoms. The van der Waals surface area contributed by atoms with Crippen LogP contribution in [0.5, 0.6) is 0 Å². The van der Waals surface area contributed by atoms with Crippen molar-refractivity contribution < 1.29 is 19.1 Å². The van der Waals surface area contributed by atoms with Gasteiger partial charge in [0.15, 0.2) is 0 Å². The van der Waals surface area contributed by atoms with Crippen LogP contribution in [0.4, 0.5) is 0 Å². The van der Waals surface area contributed by atoms with E-state index in [-0.39, 0.29) is 29.8 Å². The van der Waals surface area contributed by atoms with Gasteiger partial charge in [-0.1, -0.05) is 23.7 Å². The monoisotopic (exact) mass is 365 g/mol. The first-order valence-corrected chi connectivity index (χ1v) is 9.08. The van der Waals surface area contributed by atoms with Crippen LogP contribution in [0.1, 0.15) is 37.2 Å². The number of benzene rings is 1. The van der Waals surface area contributed by atoms with Crippen LogP contribution in [-0.4, -0.2) is 49.7 Å². The predicted octanol–water partition coefficient (Wildman–Crippen LogP) is 3.01. The van der Waals surface area contributed by atoms with Crippen LogP contribution in [0.3, 0.4) is 0 Å². The molecular weight excluding hydrogens is 342 g/mol. The van der Waals surface area contributed by atoms with Crippen molar-refractivity contribution in [1.82, 2.24) is 4.90 Å². The molecule has 2 aliphatic rings. The van der Waals surface area contributed by atoms with Crippen molar-refractivity contribution in [2.75, 3.05) is 20.8 Å². The Labute approximate surface area is 153 Å². The van der Waals surface area contributed by atoms with Crippen molar-refractivity contribution in [3.05, 3.63) is 34.9 Å². The molecule has 0 aliphatic carbocycles. The fraction of sp³-hybridized carbons (Fsp3) is 0.579. The summed E-state index contributed by atoms with van der Waals surface area (Å²) in [6.07, 6.45) is 3.24. The first-order valence-electron chi connectivity index (χ1n) is 8.71. The van der Waals surface area contributed by atoms with Gasteiger partial charge in [0.05, 0.1) is 26.6 Å². The number of methoxy groups -OCH3 is 2. The summed E-state index contributed by atoms with van der Waals surface area (Å²) in [7, 11) is 2.85. The number of carbonyl (C=O) groups is 2. The predicted molar refractivity (Wildman–Crippen MR) is 94.5 cm³/mol. The van der Waals surface area contributed by atoms with E-state index in [0.717, 1.165) is 24.8 Å². The van der Waals surface area contributed by atoms with Gasteiger partial charge < -0.3 is 9.47 Å². The molecule has 0 aromatic heterocycles. The summed E-state index contributed by atoms with van der Waals surface area (Å²) in [5, 5.41) is 0.692. The molecule has 3 unspecified atom stereocenters. The number of piperidine rings is 1. The third-order valence-corrected chi connectivity index (χ3v) is 5.89. The van der Waals surface area contributed by atoms with Gasteiger partial charge in [0.25, 0.3) is 0 Å². The maximum absolute atomic E-state index is 12.6. The van der Waals surface area contributed by atoms with Gasteiger partial charge in [0.2, 0.25) is 0 Å². The molecule has 3 rings (SSSR count). The largest absolute Gasteiger partial charge is 0.469 e. The molecule has 4 atom stereocenters. The van der Waals surface area contributed by atoms with Crippen LogP contribution in [0.2, 0.25) is 5.02 Å². The molecule has 2 heterocycles. The summed E-state index contributed by atoms with van der Waals surface area (Å²) < 4.78 is 9.89. The van der Waals surface area contributed by atoms with Crippen LogP contribution in [-0.2, 0) is 19.1 Å². The summed E-state index contributed by atoms with van der Waals surface area (Å²) in [6, 6.07) is 8.25. The molecule has 0 amide bonds. The van der Waals surface area contributed by atoms with Crippen molar-refractivity contribution in [2.24, 2.45) is 5.92 Å². The average Bonchev–Trinajstić information content (AvgIpc) is 2.91. The highest BCUT2D eigenvalue weighted by atomic mass is 35.5. The third kappa shape index (κ3) is 3.67. The first-order chi connectivity index (χ1) is 12.0. The molecule has 6 heteroatoms. The lowest BCUT2D eigenvalue weighted by molar-refractivity contribution is -0.150. The highest BCUT2D eigenvalue weighted by Gasteiger charge is 2.50. The molecule has 2 fully saturated rings. The quantitative estimate of drug-likeness (QED) is 0.751. The lowest BCUT2D eigenvalue weighted by atomic mass is 9.76. The molecule has 2 saturated heterocycles. The Morgan fingerprint density at radius 3 is 2.52 bits per heavy atom. The second-order valence-corrected chi connectivity index (χ2v) is 7.24. The molecule has 1 aromatic rings. The summed E-state index contributed by atoms with van der Waals surface area (Å²) in [4.78, 5) is 26.4. The van der Waals surface area contributed by atoms with Crippen LogP contribution < -0.4 is 0 Å². The Bertz CT molecular complexity index is 633. The number of carbonyl (C=O) groups excluding carboxylic acids is 2. The Hall–Kier alpha value is -1.59. The number of hydrogen-bond acceptors (Lipinski definition) is 5. The summed E-state index contributed by atoms with van der Waals surface area (Å²) >= 11 is 6.01. The fourth-order valence-electron chi connectivity index (χ4n) is 4.49. The second-order valence-electron chi connectivity index (χ2n) is 6.81. The standard InChI is InChI=1S/C19H24ClNO4/c1-24-17(22)9-10-21-14-7-8-16(21)18(19(23)25-2)15(11-14)12-3-5-13(20)6-4-12/h3-6,14-16,18H,7-11H2,1-2H3/t14?,15-,16?,18?/m1/s1. The van der Waals surface area contributed by atoms with Gasteiger partial charge in [-0.15, -0.1) is 0 Å². The molecule has 136 valence electrons. The topological polar surface area (TPSA) is 55.8 Å². The third-order valence-electron chi connectivity index (χ3n) is 5.64. The van der Waals surface area contributed by atoms with Gasteiger partial charge >= 0.3 is 11.9 Å². The zero-order chi connectivity index (χ0) is 18.0. The van der Waals surface area contributed by atoms with Crippen molar-refractivity contribution in [2.45, 2.75) is 43.7 Å². The van der Waals surface area contributed by atoms with E-state index in [9.17, 15) is 9.59 Å². The maximum atomic E-state index is 12.6. The summed E-state index contributed by atoms with van der Waals surface area (Å²) in [6.45, 7) is 0.628. The molecule has 2 aliphatic heterocycles. The van der Waals surface area contributed by atoms with E-state index < -0.39 is 0 Å². The number of ether oxygens (including phenoxy) is 2. The average molecular weight is 366 g/mol. The van der Waals surface area contributed by atoms with Crippen LogP contribution in [0.15, 0.2) is 24.3 Å². The number of halogens is 1. The van der Waals surface area contributed by atoms with E-state index in [2.05, 4.69) is 4.90 Å². The minimum atomic E-state index is -0.220. The van der Waals surface area contributed by atoms with Gasteiger partial charge in [0, 0.05) is 29.6 Å². The van der Waals surface area contributed by atoms with E-state index in [1.54, 1.807) is 0 Å². The van der Waals surface area contributed by atoms with Gasteiger partial charge in [-0.05, 0) is 37.0 Å². The Morgan fingerprint density at radius 1 is 1.16 bits per heavy atom. The zero-order valence-corrected chi connectivity index (χ0v) is 15.4. The van der Waals surface area contributed by atoms with Gasteiger partial charge in [0.1, 0.15) is 0 Å². The van der Waals surface area contributed by atoms with Crippen molar-refractivity contribution in [3.8, 4) is 0 Å². The number of hydrogen-bond donors (Lipinski definition) is 0. The lowest BCUT2D eigenvalue weighted by Gasteiger charge is -2.43. The SMILES string of the molecule is COC(=O)CCN1C2CCC1C(C(=O)OC)[C@@H](c1ccc(Cl)cc1)C2. The van der Waals surface area contributed by atoms with Crippen molar-refractivity contribution in [3.63, 3.8) is 0 Å². The molecule has 1 aromatic carbocycles. The molecule has 25 heavy (non-hydrogen) atoms. The highest BCUT2D eigenvalue weighted by Crippen LogP contribution is 2.47. The first kappa shape index (κ1) is 18.2. The molecule has 2 bridgehead atoms. The van der Waals surface area contributed by atoms with Crippen LogP contribution >= 0.6 is 11.6 Å². The molecule has 0 N–H and O–H groups in total. The van der Waals surface area contributed by atoms with Crippen molar-refractivity contribution >= 4 is 23.5 Å². The van der Waals surface area contributed by atoms with Crippen LogP contribution in [0.25, 0.3) is 0 Å². The van der Waals surface area contributed by atoms with Gasteiger partial charge in [-0.25, -0.2) is 0 Å². The van der Waals surface area contributed by atoms with Crippen molar-refractivity contribution in [1.29, 1.82) is 0 Å². The minimum absolute atomic E-state index is 0.108. The Kier molecular flexibility index (Phi) is 5.64. The molecule has 0 radical (unpaired) electrons. The normalized spacial score (nSPS) is 28.6. The number of rotatable bonds is 5. The van der Waals surface area contributed by atoms with E-state index >= 15 is 0 Å². The lowest BCUT2D eigenvalue weighted by Crippen LogP contribution is -2.51. The Morgan fingerprint density at radius 2 is 1.88 bits per heavy atom. The zero-order valence-electron chi connectivity index (χ0n) is 14.6. The summed E-state index contributed by atoms with van der Waals surface area (Å²) in [5.74, 6) is -0.485. The summed E-state index contributed by atoms with van der Waals surface area (Å²) in [5.41, 5.74) is 1.13. The molecular formula is C19H24ClNO4. The maximum Gasteiger partial charge on any atom is 0.310 e. The second kappa shape index (κ2) is 7.75. The van der Waals surface area contributed by atoms with E-state index in [4.69, 9.17) is 21.1 Å². The highest BCUT2D eigenvalue weighted by molar-refractivity contribution is 6.30. The number of esters is 2. The van der Waals surface area contributed by atoms with Crippen LogP contribution in [0, 0.1) is 5.92 Å². The van der Waals surface area contributed by atoms with Gasteiger partial charge in [-0.2, -0.15) is 0 Å². The van der Waals surface area contributed by atoms with E-state index in [1.165, 1.54) is 14.2 Å². The number of nitrogens with zero attached hydrogens (tertiary/aromatic N) is 1. The molecule has 0 saturated carbocycles. The molecule has 5 nitrogen and oxygen atoms in total. The number of fused-ring (bicyclic) bond motifs is 2. The fourth-order valence-corrected chi connectivity index (χ4v) is 4.62. The Balaban J connectivity index is 1.84. The van der Waals surface area contributed by atoms with E-state index in [1.807, 2.05) is 24.3 Å². The smallest absolute Gasteiger partial charge is 0.310 e. The van der Waals surface area contributed by atoms with Gasteiger partial charge in [-0.3, -0.25) is 14.5 Å².